The molecule has 2 N–H and O–H groups in total. The molecular formula is C14H14N4O3S. The summed E-state index contributed by atoms with van der Waals surface area (Å²) in [5.74, 6) is -0.895. The fourth-order valence-corrected chi connectivity index (χ4v) is 3.05. The Bertz CT molecular complexity index is 716. The van der Waals surface area contributed by atoms with Crippen molar-refractivity contribution >= 4 is 34.0 Å². The van der Waals surface area contributed by atoms with Crippen LogP contribution in [0.2, 0.25) is 0 Å². The number of ether oxygens (including phenoxy) is 1. The van der Waals surface area contributed by atoms with Gasteiger partial charge in [-0.15, -0.1) is 10.2 Å². The number of para-hydroxylation sites is 1. The minimum atomic E-state index is -0.470. The van der Waals surface area contributed by atoms with E-state index in [0.29, 0.717) is 16.7 Å². The van der Waals surface area contributed by atoms with Crippen LogP contribution in [0.5, 0.6) is 0 Å². The van der Waals surface area contributed by atoms with Crippen molar-refractivity contribution in [3.8, 4) is 0 Å². The zero-order chi connectivity index (χ0) is 15.5. The molecule has 2 amide bonds. The average Bonchev–Trinajstić information content (AvgIpc) is 3.05. The number of hydrogen-bond acceptors (Lipinski definition) is 6. The quantitative estimate of drug-likeness (QED) is 0.876. The van der Waals surface area contributed by atoms with Crippen LogP contribution in [0.3, 0.4) is 0 Å². The Hall–Kier alpha value is -2.32. The van der Waals surface area contributed by atoms with E-state index >= 15 is 0 Å². The molecule has 2 aromatic rings. The van der Waals surface area contributed by atoms with Crippen molar-refractivity contribution in [2.75, 3.05) is 17.7 Å². The van der Waals surface area contributed by atoms with E-state index in [-0.39, 0.29) is 18.2 Å². The second kappa shape index (κ2) is 6.20. The van der Waals surface area contributed by atoms with E-state index in [0.717, 1.165) is 11.3 Å². The van der Waals surface area contributed by atoms with Crippen LogP contribution in [0, 0.1) is 0 Å². The van der Waals surface area contributed by atoms with Gasteiger partial charge in [-0.25, -0.2) is 0 Å². The number of carbonyl (C=O) groups excluding carboxylic acids is 2. The third-order valence-electron chi connectivity index (χ3n) is 3.28. The smallest absolute Gasteiger partial charge is 0.232 e. The summed E-state index contributed by atoms with van der Waals surface area (Å²) < 4.78 is 4.95. The minimum absolute atomic E-state index is 0.0715. The molecule has 0 spiro atoms. The highest BCUT2D eigenvalue weighted by atomic mass is 32.1. The van der Waals surface area contributed by atoms with Gasteiger partial charge in [0, 0.05) is 19.2 Å². The second-order valence-corrected chi connectivity index (χ2v) is 5.88. The molecule has 1 aliphatic rings. The maximum atomic E-state index is 12.1. The standard InChI is InChI=1S/C14H14N4O3S/c1-21-7-12-17-18-14(22-12)16-11(19)6-9-8-4-2-3-5-10(8)15-13(9)20/h2-5,9H,6-7H2,1H3,(H,15,20)(H,16,18,19). The topological polar surface area (TPSA) is 93.2 Å². The Kier molecular flexibility index (Phi) is 4.12. The van der Waals surface area contributed by atoms with E-state index in [9.17, 15) is 9.59 Å². The van der Waals surface area contributed by atoms with Crippen molar-refractivity contribution in [3.05, 3.63) is 34.8 Å². The van der Waals surface area contributed by atoms with Crippen LogP contribution in [0.25, 0.3) is 0 Å². The van der Waals surface area contributed by atoms with Gasteiger partial charge in [0.05, 0.1) is 5.92 Å². The number of nitrogens with zero attached hydrogens (tertiary/aromatic N) is 2. The molecule has 2 heterocycles. The first-order valence-electron chi connectivity index (χ1n) is 6.68. The molecule has 0 saturated heterocycles. The van der Waals surface area contributed by atoms with E-state index in [1.807, 2.05) is 24.3 Å². The fraction of sp³-hybridized carbons (Fsp3) is 0.286. The Morgan fingerprint density at radius 1 is 1.41 bits per heavy atom. The molecule has 1 aromatic carbocycles. The van der Waals surface area contributed by atoms with Crippen molar-refractivity contribution in [2.45, 2.75) is 18.9 Å². The van der Waals surface area contributed by atoms with Crippen molar-refractivity contribution in [1.82, 2.24) is 10.2 Å². The second-order valence-electron chi connectivity index (χ2n) is 4.82. The van der Waals surface area contributed by atoms with Crippen molar-refractivity contribution in [3.63, 3.8) is 0 Å². The molecule has 8 heteroatoms. The van der Waals surface area contributed by atoms with Gasteiger partial charge >= 0.3 is 0 Å². The largest absolute Gasteiger partial charge is 0.377 e. The molecular weight excluding hydrogens is 304 g/mol. The number of amides is 2. The maximum absolute atomic E-state index is 12.1. The summed E-state index contributed by atoms with van der Waals surface area (Å²) in [6.45, 7) is 0.353. The Labute approximate surface area is 130 Å². The number of rotatable bonds is 5. The number of hydrogen-bond donors (Lipinski definition) is 2. The number of methoxy groups -OCH3 is 1. The average molecular weight is 318 g/mol. The first kappa shape index (κ1) is 14.6. The maximum Gasteiger partial charge on any atom is 0.232 e. The highest BCUT2D eigenvalue weighted by molar-refractivity contribution is 7.15. The van der Waals surface area contributed by atoms with Gasteiger partial charge < -0.3 is 15.4 Å². The summed E-state index contributed by atoms with van der Waals surface area (Å²) in [4.78, 5) is 24.1. The molecule has 1 aliphatic heterocycles. The van der Waals surface area contributed by atoms with Crippen LogP contribution < -0.4 is 10.6 Å². The number of fused-ring (bicyclic) bond motifs is 1. The summed E-state index contributed by atoms with van der Waals surface area (Å²) in [5, 5.41) is 14.3. The lowest BCUT2D eigenvalue weighted by molar-refractivity contribution is -0.122. The first-order chi connectivity index (χ1) is 10.7. The molecule has 1 unspecified atom stereocenters. The van der Waals surface area contributed by atoms with Gasteiger partial charge in [-0.2, -0.15) is 0 Å². The van der Waals surface area contributed by atoms with Crippen LogP contribution in [-0.4, -0.2) is 29.1 Å². The molecule has 1 atom stereocenters. The Balaban J connectivity index is 1.65. The highest BCUT2D eigenvalue weighted by Crippen LogP contribution is 2.34. The van der Waals surface area contributed by atoms with E-state index in [1.54, 1.807) is 7.11 Å². The van der Waals surface area contributed by atoms with Crippen molar-refractivity contribution in [1.29, 1.82) is 0 Å². The van der Waals surface area contributed by atoms with Gasteiger partial charge in [0.15, 0.2) is 0 Å². The zero-order valence-corrected chi connectivity index (χ0v) is 12.6. The monoisotopic (exact) mass is 318 g/mol. The van der Waals surface area contributed by atoms with E-state index in [1.165, 1.54) is 11.3 Å². The number of benzene rings is 1. The molecule has 0 bridgehead atoms. The minimum Gasteiger partial charge on any atom is -0.377 e. The van der Waals surface area contributed by atoms with Crippen LogP contribution in [0.15, 0.2) is 24.3 Å². The SMILES string of the molecule is COCc1nnc(NC(=O)CC2C(=O)Nc3ccccc32)s1. The molecule has 1 aromatic heterocycles. The van der Waals surface area contributed by atoms with E-state index < -0.39 is 5.92 Å². The Morgan fingerprint density at radius 2 is 2.23 bits per heavy atom. The number of carbonyl (C=O) groups is 2. The van der Waals surface area contributed by atoms with E-state index in [2.05, 4.69) is 20.8 Å². The van der Waals surface area contributed by atoms with Crippen molar-refractivity contribution in [2.24, 2.45) is 0 Å². The number of aromatic nitrogens is 2. The van der Waals surface area contributed by atoms with E-state index in [4.69, 9.17) is 4.74 Å². The molecule has 0 saturated carbocycles. The van der Waals surface area contributed by atoms with Gasteiger partial charge in [0.25, 0.3) is 0 Å². The molecule has 22 heavy (non-hydrogen) atoms. The lowest BCUT2D eigenvalue weighted by atomic mass is 9.97. The molecule has 114 valence electrons. The van der Waals surface area contributed by atoms with Crippen LogP contribution in [-0.2, 0) is 20.9 Å². The lowest BCUT2D eigenvalue weighted by Crippen LogP contribution is -2.20. The molecule has 7 nitrogen and oxygen atoms in total. The third kappa shape index (κ3) is 2.97. The van der Waals surface area contributed by atoms with Gasteiger partial charge in [-0.1, -0.05) is 29.5 Å². The summed E-state index contributed by atoms with van der Waals surface area (Å²) in [5.41, 5.74) is 1.61. The fourth-order valence-electron chi connectivity index (χ4n) is 2.32. The van der Waals surface area contributed by atoms with Crippen molar-refractivity contribution < 1.29 is 14.3 Å². The first-order valence-corrected chi connectivity index (χ1v) is 7.50. The zero-order valence-electron chi connectivity index (χ0n) is 11.8. The highest BCUT2D eigenvalue weighted by Gasteiger charge is 2.32. The normalized spacial score (nSPS) is 16.2. The summed E-state index contributed by atoms with van der Waals surface area (Å²) in [6.07, 6.45) is 0.0715. The predicted molar refractivity (Wildman–Crippen MR) is 81.7 cm³/mol. The van der Waals surface area contributed by atoms with Gasteiger partial charge in [0.2, 0.25) is 16.9 Å². The van der Waals surface area contributed by atoms with Crippen LogP contribution in [0.4, 0.5) is 10.8 Å². The predicted octanol–water partition coefficient (Wildman–Crippen LogP) is 1.75. The summed E-state index contributed by atoms with van der Waals surface area (Å²) in [6, 6.07) is 7.38. The molecule has 3 rings (SSSR count). The number of anilines is 2. The third-order valence-corrected chi connectivity index (χ3v) is 4.09. The van der Waals surface area contributed by atoms with Crippen LogP contribution >= 0.6 is 11.3 Å². The van der Waals surface area contributed by atoms with Gasteiger partial charge in [-0.05, 0) is 11.6 Å². The summed E-state index contributed by atoms with van der Waals surface area (Å²) in [7, 11) is 1.57. The van der Waals surface area contributed by atoms with Crippen LogP contribution in [0.1, 0.15) is 22.9 Å². The molecule has 0 aliphatic carbocycles. The Morgan fingerprint density at radius 3 is 3.05 bits per heavy atom. The van der Waals surface area contributed by atoms with Gasteiger partial charge in [-0.3, -0.25) is 9.59 Å². The lowest BCUT2D eigenvalue weighted by Gasteiger charge is -2.07. The summed E-state index contributed by atoms with van der Waals surface area (Å²) >= 11 is 1.25. The number of nitrogens with one attached hydrogen (secondary N) is 2. The molecule has 0 radical (unpaired) electrons. The van der Waals surface area contributed by atoms with Gasteiger partial charge in [0.1, 0.15) is 11.6 Å². The molecule has 0 fully saturated rings.